The van der Waals surface area contributed by atoms with Gasteiger partial charge in [0.2, 0.25) is 10.0 Å². The molecule has 0 aromatic heterocycles. The molecule has 5 nitrogen and oxygen atoms in total. The van der Waals surface area contributed by atoms with Gasteiger partial charge in [0.05, 0.1) is 11.0 Å². The summed E-state index contributed by atoms with van der Waals surface area (Å²) in [5.74, 6) is 0. The Balaban J connectivity index is 1.62. The van der Waals surface area contributed by atoms with Crippen LogP contribution in [-0.4, -0.2) is 34.2 Å². The molecule has 128 valence electrons. The van der Waals surface area contributed by atoms with Crippen molar-refractivity contribution in [3.8, 4) is 0 Å². The number of hydrogen-bond acceptors (Lipinski definition) is 4. The molecule has 1 spiro atoms. The Hall–Kier alpha value is -0.950. The van der Waals surface area contributed by atoms with Gasteiger partial charge in [-0.3, -0.25) is 0 Å². The highest BCUT2D eigenvalue weighted by molar-refractivity contribution is 7.89. The van der Waals surface area contributed by atoms with E-state index in [2.05, 4.69) is 17.0 Å². The minimum Gasteiger partial charge on any atom is -0.378 e. The first-order valence-corrected chi connectivity index (χ1v) is 9.87. The van der Waals surface area contributed by atoms with Crippen LogP contribution in [0.2, 0.25) is 0 Å². The molecule has 2 aliphatic rings. The monoisotopic (exact) mass is 338 g/mol. The van der Waals surface area contributed by atoms with Gasteiger partial charge in [-0.1, -0.05) is 18.6 Å². The van der Waals surface area contributed by atoms with Crippen LogP contribution in [0.4, 0.5) is 0 Å². The lowest BCUT2D eigenvalue weighted by Gasteiger charge is -2.61. The van der Waals surface area contributed by atoms with Crippen molar-refractivity contribution in [2.24, 2.45) is 5.41 Å². The zero-order valence-corrected chi connectivity index (χ0v) is 14.7. The predicted molar refractivity (Wildman–Crippen MR) is 89.6 cm³/mol. The van der Waals surface area contributed by atoms with E-state index < -0.39 is 10.0 Å². The molecule has 1 aromatic rings. The van der Waals surface area contributed by atoms with E-state index >= 15 is 0 Å². The first-order chi connectivity index (χ1) is 11.0. The number of nitrogens with one attached hydrogen (secondary N) is 2. The summed E-state index contributed by atoms with van der Waals surface area (Å²) >= 11 is 0. The van der Waals surface area contributed by atoms with E-state index in [0.29, 0.717) is 29.0 Å². The highest BCUT2D eigenvalue weighted by atomic mass is 32.2. The van der Waals surface area contributed by atoms with Crippen LogP contribution in [0.3, 0.4) is 0 Å². The average molecular weight is 338 g/mol. The van der Waals surface area contributed by atoms with Gasteiger partial charge in [-0.25, -0.2) is 13.1 Å². The van der Waals surface area contributed by atoms with Crippen molar-refractivity contribution in [3.63, 3.8) is 0 Å². The predicted octanol–water partition coefficient (Wildman–Crippen LogP) is 2.03. The van der Waals surface area contributed by atoms with Gasteiger partial charge in [-0.15, -0.1) is 0 Å². The fraction of sp³-hybridized carbons (Fsp3) is 0.647. The summed E-state index contributed by atoms with van der Waals surface area (Å²) in [6.45, 7) is 3.53. The zero-order chi connectivity index (χ0) is 16.5. The summed E-state index contributed by atoms with van der Waals surface area (Å²) in [6, 6.07) is 7.61. The largest absolute Gasteiger partial charge is 0.378 e. The van der Waals surface area contributed by atoms with Crippen molar-refractivity contribution in [2.75, 3.05) is 13.7 Å². The van der Waals surface area contributed by atoms with Crippen molar-refractivity contribution in [3.05, 3.63) is 29.8 Å². The lowest BCUT2D eigenvalue weighted by molar-refractivity contribution is -0.173. The van der Waals surface area contributed by atoms with Crippen LogP contribution in [0.5, 0.6) is 0 Å². The SMILES string of the molecule is CCO[C@H]1C[C@H](NCc2cccc(S(=O)(=O)NC)c2)C12CCC2. The molecule has 6 heteroatoms. The van der Waals surface area contributed by atoms with Gasteiger partial charge in [0, 0.05) is 24.6 Å². The molecule has 2 atom stereocenters. The van der Waals surface area contributed by atoms with E-state index in [0.717, 1.165) is 18.6 Å². The van der Waals surface area contributed by atoms with Crippen molar-refractivity contribution in [2.45, 2.75) is 56.2 Å². The van der Waals surface area contributed by atoms with Crippen LogP contribution in [0.15, 0.2) is 29.2 Å². The van der Waals surface area contributed by atoms with Gasteiger partial charge in [-0.2, -0.15) is 0 Å². The van der Waals surface area contributed by atoms with E-state index in [1.165, 1.54) is 26.3 Å². The smallest absolute Gasteiger partial charge is 0.240 e. The summed E-state index contributed by atoms with van der Waals surface area (Å²) in [6.07, 6.45) is 5.22. The van der Waals surface area contributed by atoms with Crippen LogP contribution >= 0.6 is 0 Å². The van der Waals surface area contributed by atoms with E-state index in [1.54, 1.807) is 18.2 Å². The van der Waals surface area contributed by atoms with Gasteiger partial charge in [-0.05, 0) is 50.9 Å². The van der Waals surface area contributed by atoms with Crippen molar-refractivity contribution < 1.29 is 13.2 Å². The molecule has 0 heterocycles. The Morgan fingerprint density at radius 1 is 1.35 bits per heavy atom. The molecular formula is C17H26N2O3S. The van der Waals surface area contributed by atoms with Gasteiger partial charge < -0.3 is 10.1 Å². The Kier molecular flexibility index (Phi) is 4.78. The molecule has 0 unspecified atom stereocenters. The molecule has 0 amide bonds. The molecule has 3 rings (SSSR count). The Morgan fingerprint density at radius 3 is 2.74 bits per heavy atom. The van der Waals surface area contributed by atoms with Gasteiger partial charge in [0.25, 0.3) is 0 Å². The van der Waals surface area contributed by atoms with Gasteiger partial charge in [0.1, 0.15) is 0 Å². The quantitative estimate of drug-likeness (QED) is 0.798. The molecule has 0 bridgehead atoms. The van der Waals surface area contributed by atoms with Crippen molar-refractivity contribution in [1.29, 1.82) is 0 Å². The van der Waals surface area contributed by atoms with Gasteiger partial charge in [0.15, 0.2) is 0 Å². The maximum atomic E-state index is 11.9. The lowest BCUT2D eigenvalue weighted by atomic mass is 9.51. The molecule has 23 heavy (non-hydrogen) atoms. The zero-order valence-electron chi connectivity index (χ0n) is 13.8. The topological polar surface area (TPSA) is 67.4 Å². The molecular weight excluding hydrogens is 312 g/mol. The number of ether oxygens (including phenoxy) is 1. The molecule has 2 saturated carbocycles. The fourth-order valence-electron chi connectivity index (χ4n) is 3.91. The average Bonchev–Trinajstić information content (AvgIpc) is 2.48. The first-order valence-electron chi connectivity index (χ1n) is 8.39. The van der Waals surface area contributed by atoms with E-state index in [4.69, 9.17) is 4.74 Å². The second-order valence-corrected chi connectivity index (χ2v) is 8.44. The highest BCUT2D eigenvalue weighted by Gasteiger charge is 2.58. The minimum atomic E-state index is -3.38. The summed E-state index contributed by atoms with van der Waals surface area (Å²) in [5.41, 5.74) is 1.32. The normalized spacial score (nSPS) is 25.8. The summed E-state index contributed by atoms with van der Waals surface area (Å²) in [7, 11) is -1.95. The first kappa shape index (κ1) is 16.9. The van der Waals surface area contributed by atoms with Gasteiger partial charge >= 0.3 is 0 Å². The Labute approximate surface area is 138 Å². The third-order valence-electron chi connectivity index (χ3n) is 5.47. The molecule has 2 N–H and O–H groups in total. The Bertz CT molecular complexity index is 656. The maximum absolute atomic E-state index is 11.9. The number of hydrogen-bond donors (Lipinski definition) is 2. The van der Waals surface area contributed by atoms with Crippen LogP contribution in [0.1, 0.15) is 38.2 Å². The molecule has 0 radical (unpaired) electrons. The van der Waals surface area contributed by atoms with Crippen molar-refractivity contribution in [1.82, 2.24) is 10.0 Å². The molecule has 2 fully saturated rings. The standard InChI is InChI=1S/C17H26N2O3S/c1-3-22-16-11-15(17(16)8-5-9-17)19-12-13-6-4-7-14(10-13)23(20,21)18-2/h4,6-7,10,15-16,18-19H,3,5,8-9,11-12H2,1-2H3/t15-,16-/m0/s1. The fourth-order valence-corrected chi connectivity index (χ4v) is 4.71. The maximum Gasteiger partial charge on any atom is 0.240 e. The number of rotatable bonds is 7. The van der Waals surface area contributed by atoms with Crippen LogP contribution in [-0.2, 0) is 21.3 Å². The summed E-state index contributed by atoms with van der Waals surface area (Å²) in [5, 5.41) is 3.62. The molecule has 1 aromatic carbocycles. The second-order valence-electron chi connectivity index (χ2n) is 6.55. The summed E-state index contributed by atoms with van der Waals surface area (Å²) in [4.78, 5) is 0.318. The molecule has 0 saturated heterocycles. The molecule has 0 aliphatic heterocycles. The van der Waals surface area contributed by atoms with E-state index in [-0.39, 0.29) is 0 Å². The lowest BCUT2D eigenvalue weighted by Crippen LogP contribution is -2.66. The van der Waals surface area contributed by atoms with Crippen LogP contribution in [0, 0.1) is 5.41 Å². The Morgan fingerprint density at radius 2 is 2.13 bits per heavy atom. The third kappa shape index (κ3) is 3.05. The van der Waals surface area contributed by atoms with Crippen LogP contribution < -0.4 is 10.0 Å². The summed E-state index contributed by atoms with van der Waals surface area (Å²) < 4.78 is 32.0. The minimum absolute atomic E-state index is 0.318. The highest BCUT2D eigenvalue weighted by Crippen LogP contribution is 2.57. The van der Waals surface area contributed by atoms with Crippen LogP contribution in [0.25, 0.3) is 0 Å². The van der Waals surface area contributed by atoms with E-state index in [9.17, 15) is 8.42 Å². The second kappa shape index (κ2) is 6.51. The van der Waals surface area contributed by atoms with E-state index in [1.807, 2.05) is 6.07 Å². The van der Waals surface area contributed by atoms with Crippen molar-refractivity contribution >= 4 is 10.0 Å². The third-order valence-corrected chi connectivity index (χ3v) is 6.88. The number of sulfonamides is 1. The molecule has 2 aliphatic carbocycles. The number of benzene rings is 1.